The molecule has 0 radical (unpaired) electrons. The lowest BCUT2D eigenvalue weighted by Crippen LogP contribution is -2.35. The molecule has 0 atom stereocenters. The van der Waals surface area contributed by atoms with E-state index in [4.69, 9.17) is 4.74 Å². The largest absolute Gasteiger partial charge is 0.497 e. The minimum absolute atomic E-state index is 0.110. The summed E-state index contributed by atoms with van der Waals surface area (Å²) < 4.78 is 45.5. The first kappa shape index (κ1) is 21.3. The first-order valence-corrected chi connectivity index (χ1v) is 8.64. The van der Waals surface area contributed by atoms with E-state index in [-0.39, 0.29) is 18.9 Å². The molecule has 0 aliphatic rings. The van der Waals surface area contributed by atoms with Gasteiger partial charge in [-0.15, -0.1) is 0 Å². The maximum atomic E-state index is 13.9. The second kappa shape index (κ2) is 9.77. The zero-order valence-corrected chi connectivity index (χ0v) is 15.6. The summed E-state index contributed by atoms with van der Waals surface area (Å²) in [5, 5.41) is 2.70. The molecule has 5 nitrogen and oxygen atoms in total. The van der Waals surface area contributed by atoms with Gasteiger partial charge in [0.15, 0.2) is 17.5 Å². The fourth-order valence-corrected chi connectivity index (χ4v) is 2.61. The van der Waals surface area contributed by atoms with Crippen molar-refractivity contribution in [3.05, 3.63) is 59.4 Å². The average Bonchev–Trinajstić information content (AvgIpc) is 2.68. The molecule has 2 amide bonds. The Balaban J connectivity index is 1.88. The Morgan fingerprint density at radius 2 is 1.71 bits per heavy atom. The van der Waals surface area contributed by atoms with E-state index in [9.17, 15) is 22.8 Å². The monoisotopic (exact) mass is 394 g/mol. The van der Waals surface area contributed by atoms with Gasteiger partial charge in [0.25, 0.3) is 0 Å². The quantitative estimate of drug-likeness (QED) is 0.700. The molecule has 2 rings (SSSR count). The van der Waals surface area contributed by atoms with Gasteiger partial charge >= 0.3 is 0 Å². The molecule has 0 bridgehead atoms. The predicted octanol–water partition coefficient (Wildman–Crippen LogP) is 3.21. The van der Waals surface area contributed by atoms with Gasteiger partial charge in [-0.3, -0.25) is 9.59 Å². The van der Waals surface area contributed by atoms with E-state index in [0.29, 0.717) is 13.0 Å². The summed E-state index contributed by atoms with van der Waals surface area (Å²) in [4.78, 5) is 24.7. The van der Waals surface area contributed by atoms with E-state index >= 15 is 0 Å². The van der Waals surface area contributed by atoms with Crippen molar-refractivity contribution >= 4 is 17.5 Å². The number of hydrogen-bond donors (Lipinski definition) is 1. The summed E-state index contributed by atoms with van der Waals surface area (Å²) in [5.74, 6) is -4.66. The van der Waals surface area contributed by atoms with Crippen molar-refractivity contribution in [2.24, 2.45) is 0 Å². The van der Waals surface area contributed by atoms with Crippen LogP contribution in [0, 0.1) is 17.5 Å². The zero-order valence-electron chi connectivity index (χ0n) is 15.6. The second-order valence-corrected chi connectivity index (χ2v) is 6.06. The summed E-state index contributed by atoms with van der Waals surface area (Å²) in [7, 11) is 1.58. The fraction of sp³-hybridized carbons (Fsp3) is 0.300. The number of amides is 2. The van der Waals surface area contributed by atoms with E-state index in [1.54, 1.807) is 7.11 Å². The Hall–Kier alpha value is -3.03. The van der Waals surface area contributed by atoms with Crippen LogP contribution >= 0.6 is 0 Å². The summed E-state index contributed by atoms with van der Waals surface area (Å²) >= 11 is 0. The molecule has 0 aliphatic heterocycles. The van der Waals surface area contributed by atoms with Crippen LogP contribution in [0.2, 0.25) is 0 Å². The number of ether oxygens (including phenoxy) is 1. The lowest BCUT2D eigenvalue weighted by Gasteiger charge is -2.21. The number of nitrogens with zero attached hydrogens (tertiary/aromatic N) is 1. The van der Waals surface area contributed by atoms with E-state index in [0.717, 1.165) is 35.3 Å². The van der Waals surface area contributed by atoms with Gasteiger partial charge < -0.3 is 15.0 Å². The number of methoxy groups -OCH3 is 1. The molecule has 2 aromatic rings. The molecule has 0 saturated heterocycles. The molecule has 0 heterocycles. The molecule has 0 unspecified atom stereocenters. The lowest BCUT2D eigenvalue weighted by molar-refractivity contribution is -0.121. The molecular formula is C20H21F3N2O3. The first-order valence-electron chi connectivity index (χ1n) is 8.64. The van der Waals surface area contributed by atoms with Gasteiger partial charge in [-0.25, -0.2) is 13.2 Å². The molecule has 0 saturated carbocycles. The molecule has 0 aliphatic carbocycles. The molecule has 2 aromatic carbocycles. The number of hydrogen-bond acceptors (Lipinski definition) is 3. The maximum absolute atomic E-state index is 13.9. The highest BCUT2D eigenvalue weighted by atomic mass is 19.2. The van der Waals surface area contributed by atoms with Gasteiger partial charge in [0.05, 0.1) is 12.8 Å². The minimum atomic E-state index is -1.66. The Morgan fingerprint density at radius 1 is 1.04 bits per heavy atom. The van der Waals surface area contributed by atoms with Gasteiger partial charge in [0.1, 0.15) is 5.75 Å². The highest BCUT2D eigenvalue weighted by Crippen LogP contribution is 2.24. The average molecular weight is 394 g/mol. The van der Waals surface area contributed by atoms with Crippen LogP contribution in [0.1, 0.15) is 18.9 Å². The van der Waals surface area contributed by atoms with Crippen LogP contribution in [0.15, 0.2) is 36.4 Å². The van der Waals surface area contributed by atoms with Crippen LogP contribution in [-0.2, 0) is 16.0 Å². The third-order valence-corrected chi connectivity index (χ3v) is 4.14. The molecular weight excluding hydrogens is 373 g/mol. The highest BCUT2D eigenvalue weighted by Gasteiger charge is 2.21. The van der Waals surface area contributed by atoms with Crippen LogP contribution in [0.3, 0.4) is 0 Å². The Morgan fingerprint density at radius 3 is 2.32 bits per heavy atom. The van der Waals surface area contributed by atoms with E-state index in [1.165, 1.54) is 0 Å². The smallest absolute Gasteiger partial charge is 0.223 e. The van der Waals surface area contributed by atoms with E-state index < -0.39 is 29.0 Å². The predicted molar refractivity (Wildman–Crippen MR) is 98.7 cm³/mol. The number of anilines is 1. The highest BCUT2D eigenvalue weighted by molar-refractivity contribution is 5.92. The van der Waals surface area contributed by atoms with E-state index in [1.807, 2.05) is 24.3 Å². The third-order valence-electron chi connectivity index (χ3n) is 4.14. The van der Waals surface area contributed by atoms with Crippen molar-refractivity contribution in [1.29, 1.82) is 0 Å². The molecule has 28 heavy (non-hydrogen) atoms. The summed E-state index contributed by atoms with van der Waals surface area (Å²) in [6.45, 7) is 1.37. The maximum Gasteiger partial charge on any atom is 0.223 e. The van der Waals surface area contributed by atoms with Gasteiger partial charge in [0, 0.05) is 26.4 Å². The number of carbonyl (C=O) groups is 2. The molecule has 150 valence electrons. The Bertz CT molecular complexity index is 841. The van der Waals surface area contributed by atoms with Crippen LogP contribution in [-0.4, -0.2) is 32.0 Å². The van der Waals surface area contributed by atoms with Crippen LogP contribution in [0.4, 0.5) is 18.9 Å². The van der Waals surface area contributed by atoms with Crippen molar-refractivity contribution in [3.8, 4) is 5.75 Å². The number of rotatable bonds is 8. The van der Waals surface area contributed by atoms with Crippen molar-refractivity contribution in [1.82, 2.24) is 5.32 Å². The van der Waals surface area contributed by atoms with Gasteiger partial charge in [-0.2, -0.15) is 0 Å². The number of carbonyl (C=O) groups excluding carboxylic acids is 2. The van der Waals surface area contributed by atoms with Crippen LogP contribution in [0.5, 0.6) is 5.75 Å². The van der Waals surface area contributed by atoms with Crippen molar-refractivity contribution in [3.63, 3.8) is 0 Å². The molecule has 0 aromatic heterocycles. The number of benzene rings is 2. The molecule has 8 heteroatoms. The lowest BCUT2D eigenvalue weighted by atomic mass is 10.1. The number of halogens is 3. The molecule has 0 fully saturated rings. The summed E-state index contributed by atoms with van der Waals surface area (Å²) in [6, 6.07) is 9.11. The van der Waals surface area contributed by atoms with Gasteiger partial charge in [-0.05, 0) is 36.2 Å². The van der Waals surface area contributed by atoms with Crippen molar-refractivity contribution in [2.45, 2.75) is 19.8 Å². The summed E-state index contributed by atoms with van der Waals surface area (Å²) in [6.07, 6.45) is 0.491. The summed E-state index contributed by atoms with van der Waals surface area (Å²) in [5.41, 5.74) is 0.604. The standard InChI is InChI=1S/C20H21F3N2O3/c1-13(26)25(17-8-7-16(21)19(22)20(17)23)12-10-18(27)24-11-9-14-3-5-15(28-2)6-4-14/h3-8H,9-12H2,1-2H3,(H,24,27). The number of nitrogens with one attached hydrogen (secondary N) is 1. The topological polar surface area (TPSA) is 58.6 Å². The SMILES string of the molecule is COc1ccc(CCNC(=O)CCN(C(C)=O)c2ccc(F)c(F)c2F)cc1. The van der Waals surface area contributed by atoms with Crippen molar-refractivity contribution in [2.75, 3.05) is 25.1 Å². The molecule has 1 N–H and O–H groups in total. The first-order chi connectivity index (χ1) is 13.3. The normalized spacial score (nSPS) is 10.5. The van der Waals surface area contributed by atoms with Gasteiger partial charge in [-0.1, -0.05) is 12.1 Å². The minimum Gasteiger partial charge on any atom is -0.497 e. The Labute approximate surface area is 161 Å². The Kier molecular flexibility index (Phi) is 7.43. The fourth-order valence-electron chi connectivity index (χ4n) is 2.61. The van der Waals surface area contributed by atoms with Crippen LogP contribution < -0.4 is 15.0 Å². The second-order valence-electron chi connectivity index (χ2n) is 6.06. The zero-order chi connectivity index (χ0) is 20.7. The molecule has 0 spiro atoms. The van der Waals surface area contributed by atoms with Crippen molar-refractivity contribution < 1.29 is 27.5 Å². The van der Waals surface area contributed by atoms with Crippen LogP contribution in [0.25, 0.3) is 0 Å². The van der Waals surface area contributed by atoms with E-state index in [2.05, 4.69) is 5.32 Å². The third kappa shape index (κ3) is 5.48. The van der Waals surface area contributed by atoms with Gasteiger partial charge in [0.2, 0.25) is 11.8 Å².